The molecule has 0 aliphatic carbocycles. The SMILES string of the molecule is CCCCCCOCCOC(=O)c1ccc(CC)cc1. The van der Waals surface area contributed by atoms with Crippen molar-refractivity contribution in [1.82, 2.24) is 0 Å². The molecule has 1 aromatic carbocycles. The summed E-state index contributed by atoms with van der Waals surface area (Å²) in [5.41, 5.74) is 1.82. The zero-order valence-electron chi connectivity index (χ0n) is 12.7. The Morgan fingerprint density at radius 1 is 0.950 bits per heavy atom. The van der Waals surface area contributed by atoms with Crippen molar-refractivity contribution in [3.63, 3.8) is 0 Å². The van der Waals surface area contributed by atoms with Gasteiger partial charge in [0.1, 0.15) is 6.61 Å². The summed E-state index contributed by atoms with van der Waals surface area (Å²) in [5, 5.41) is 0. The molecule has 3 nitrogen and oxygen atoms in total. The lowest BCUT2D eigenvalue weighted by molar-refractivity contribution is 0.0312. The molecule has 0 amide bonds. The van der Waals surface area contributed by atoms with Crippen LogP contribution in [0.5, 0.6) is 0 Å². The topological polar surface area (TPSA) is 35.5 Å². The van der Waals surface area contributed by atoms with E-state index in [2.05, 4.69) is 13.8 Å². The first-order valence-electron chi connectivity index (χ1n) is 7.61. The fourth-order valence-electron chi connectivity index (χ4n) is 1.89. The normalized spacial score (nSPS) is 10.5. The molecule has 0 spiro atoms. The monoisotopic (exact) mass is 278 g/mol. The van der Waals surface area contributed by atoms with E-state index in [1.807, 2.05) is 24.3 Å². The summed E-state index contributed by atoms with van der Waals surface area (Å²) in [6.07, 6.45) is 5.75. The molecule has 20 heavy (non-hydrogen) atoms. The maximum Gasteiger partial charge on any atom is 0.338 e. The fraction of sp³-hybridized carbons (Fsp3) is 0.588. The molecule has 1 rings (SSSR count). The molecule has 0 aliphatic heterocycles. The standard InChI is InChI=1S/C17H26O3/c1-3-5-6-7-12-19-13-14-20-17(18)16-10-8-15(4-2)9-11-16/h8-11H,3-7,12-14H2,1-2H3. The highest BCUT2D eigenvalue weighted by Gasteiger charge is 2.06. The van der Waals surface area contributed by atoms with Gasteiger partial charge in [0, 0.05) is 6.61 Å². The minimum Gasteiger partial charge on any atom is -0.460 e. The molecular formula is C17H26O3. The molecule has 0 aromatic heterocycles. The lowest BCUT2D eigenvalue weighted by Gasteiger charge is -2.06. The first-order chi connectivity index (χ1) is 9.77. The van der Waals surface area contributed by atoms with E-state index in [9.17, 15) is 4.79 Å². The summed E-state index contributed by atoms with van der Waals surface area (Å²) < 4.78 is 10.6. The van der Waals surface area contributed by atoms with Crippen LogP contribution in [0.1, 0.15) is 55.5 Å². The number of unbranched alkanes of at least 4 members (excludes halogenated alkanes) is 3. The van der Waals surface area contributed by atoms with Crippen LogP contribution in [0.3, 0.4) is 0 Å². The van der Waals surface area contributed by atoms with Gasteiger partial charge in [-0.05, 0) is 30.5 Å². The molecular weight excluding hydrogens is 252 g/mol. The van der Waals surface area contributed by atoms with E-state index in [1.165, 1.54) is 24.8 Å². The molecule has 0 saturated carbocycles. The number of hydrogen-bond donors (Lipinski definition) is 0. The summed E-state index contributed by atoms with van der Waals surface area (Å²) >= 11 is 0. The zero-order valence-corrected chi connectivity index (χ0v) is 12.7. The molecule has 0 radical (unpaired) electrons. The molecule has 0 saturated heterocycles. The van der Waals surface area contributed by atoms with Crippen LogP contribution in [0.4, 0.5) is 0 Å². The van der Waals surface area contributed by atoms with Crippen LogP contribution in [-0.2, 0) is 15.9 Å². The van der Waals surface area contributed by atoms with Gasteiger partial charge in [-0.3, -0.25) is 0 Å². The van der Waals surface area contributed by atoms with Gasteiger partial charge < -0.3 is 9.47 Å². The average molecular weight is 278 g/mol. The minimum absolute atomic E-state index is 0.276. The Bertz CT molecular complexity index is 370. The third-order valence-electron chi connectivity index (χ3n) is 3.20. The van der Waals surface area contributed by atoms with Crippen LogP contribution in [0.25, 0.3) is 0 Å². The Hall–Kier alpha value is -1.35. The highest BCUT2D eigenvalue weighted by Crippen LogP contribution is 2.06. The largest absolute Gasteiger partial charge is 0.460 e. The second-order valence-corrected chi connectivity index (χ2v) is 4.86. The lowest BCUT2D eigenvalue weighted by Crippen LogP contribution is -2.11. The van der Waals surface area contributed by atoms with E-state index in [0.29, 0.717) is 18.8 Å². The average Bonchev–Trinajstić information content (AvgIpc) is 2.50. The summed E-state index contributed by atoms with van der Waals surface area (Å²) in [4.78, 5) is 11.7. The molecule has 0 atom stereocenters. The third-order valence-corrected chi connectivity index (χ3v) is 3.20. The number of carbonyl (C=O) groups excluding carboxylic acids is 1. The highest BCUT2D eigenvalue weighted by molar-refractivity contribution is 5.89. The van der Waals surface area contributed by atoms with Crippen molar-refractivity contribution in [1.29, 1.82) is 0 Å². The maximum atomic E-state index is 11.7. The van der Waals surface area contributed by atoms with Gasteiger partial charge in [-0.2, -0.15) is 0 Å². The van der Waals surface area contributed by atoms with E-state index >= 15 is 0 Å². The summed E-state index contributed by atoms with van der Waals surface area (Å²) in [7, 11) is 0. The van der Waals surface area contributed by atoms with Crippen molar-refractivity contribution in [3.8, 4) is 0 Å². The van der Waals surface area contributed by atoms with Crippen molar-refractivity contribution in [2.45, 2.75) is 46.0 Å². The van der Waals surface area contributed by atoms with Crippen LogP contribution in [0.15, 0.2) is 24.3 Å². The van der Waals surface area contributed by atoms with Crippen molar-refractivity contribution in [2.75, 3.05) is 19.8 Å². The number of benzene rings is 1. The predicted molar refractivity (Wildman–Crippen MR) is 81.1 cm³/mol. The Morgan fingerprint density at radius 3 is 2.35 bits per heavy atom. The number of esters is 1. The number of rotatable bonds is 10. The second-order valence-electron chi connectivity index (χ2n) is 4.86. The van der Waals surface area contributed by atoms with Gasteiger partial charge in [0.2, 0.25) is 0 Å². The van der Waals surface area contributed by atoms with Gasteiger partial charge in [0.05, 0.1) is 12.2 Å². The van der Waals surface area contributed by atoms with Crippen LogP contribution < -0.4 is 0 Å². The van der Waals surface area contributed by atoms with E-state index < -0.39 is 0 Å². The van der Waals surface area contributed by atoms with Gasteiger partial charge in [-0.1, -0.05) is 45.2 Å². The van der Waals surface area contributed by atoms with Crippen LogP contribution in [0.2, 0.25) is 0 Å². The highest BCUT2D eigenvalue weighted by atomic mass is 16.6. The van der Waals surface area contributed by atoms with E-state index in [4.69, 9.17) is 9.47 Å². The summed E-state index contributed by atoms with van der Waals surface area (Å²) in [6.45, 7) is 5.83. The Labute approximate surface area is 122 Å². The minimum atomic E-state index is -0.276. The molecule has 112 valence electrons. The molecule has 0 unspecified atom stereocenters. The molecule has 0 heterocycles. The number of ether oxygens (including phenoxy) is 2. The number of aryl methyl sites for hydroxylation is 1. The van der Waals surface area contributed by atoms with Crippen LogP contribution in [0, 0.1) is 0 Å². The van der Waals surface area contributed by atoms with Gasteiger partial charge in [-0.15, -0.1) is 0 Å². The summed E-state index contributed by atoms with van der Waals surface area (Å²) in [6, 6.07) is 7.54. The quantitative estimate of drug-likeness (QED) is 0.479. The van der Waals surface area contributed by atoms with Gasteiger partial charge in [0.15, 0.2) is 0 Å². The van der Waals surface area contributed by atoms with Gasteiger partial charge in [0.25, 0.3) is 0 Å². The van der Waals surface area contributed by atoms with Crippen LogP contribution >= 0.6 is 0 Å². The first kappa shape index (κ1) is 16.7. The van der Waals surface area contributed by atoms with Gasteiger partial charge in [-0.25, -0.2) is 4.79 Å². The maximum absolute atomic E-state index is 11.7. The number of carbonyl (C=O) groups is 1. The molecule has 0 fully saturated rings. The molecule has 0 aliphatic rings. The fourth-order valence-corrected chi connectivity index (χ4v) is 1.89. The predicted octanol–water partition coefficient (Wildman–Crippen LogP) is 4.00. The molecule has 1 aromatic rings. The van der Waals surface area contributed by atoms with Crippen molar-refractivity contribution in [3.05, 3.63) is 35.4 Å². The Kier molecular flexibility index (Phi) is 8.72. The summed E-state index contributed by atoms with van der Waals surface area (Å²) in [5.74, 6) is -0.276. The number of hydrogen-bond acceptors (Lipinski definition) is 3. The smallest absolute Gasteiger partial charge is 0.338 e. The molecule has 3 heteroatoms. The Balaban J connectivity index is 2.10. The van der Waals surface area contributed by atoms with Crippen molar-refractivity contribution < 1.29 is 14.3 Å². The Morgan fingerprint density at radius 2 is 1.70 bits per heavy atom. The van der Waals surface area contributed by atoms with Crippen molar-refractivity contribution >= 4 is 5.97 Å². The third kappa shape index (κ3) is 6.71. The zero-order chi connectivity index (χ0) is 14.6. The first-order valence-corrected chi connectivity index (χ1v) is 7.61. The lowest BCUT2D eigenvalue weighted by atomic mass is 10.1. The van der Waals surface area contributed by atoms with E-state index in [0.717, 1.165) is 19.4 Å². The van der Waals surface area contributed by atoms with Crippen LogP contribution in [-0.4, -0.2) is 25.8 Å². The van der Waals surface area contributed by atoms with Crippen molar-refractivity contribution in [2.24, 2.45) is 0 Å². The molecule has 0 N–H and O–H groups in total. The molecule has 0 bridgehead atoms. The second kappa shape index (κ2) is 10.4. The van der Waals surface area contributed by atoms with Gasteiger partial charge >= 0.3 is 5.97 Å². The van der Waals surface area contributed by atoms with E-state index in [1.54, 1.807) is 0 Å². The van der Waals surface area contributed by atoms with E-state index in [-0.39, 0.29) is 5.97 Å².